The molecule has 2 aromatic rings. The van der Waals surface area contributed by atoms with Crippen molar-refractivity contribution in [3.05, 3.63) is 47.3 Å². The first kappa shape index (κ1) is 16.3. The van der Waals surface area contributed by atoms with Gasteiger partial charge in [-0.15, -0.1) is 0 Å². The molecular weight excluding hydrogens is 312 g/mol. The minimum atomic E-state index is 0.108. The van der Waals surface area contributed by atoms with Gasteiger partial charge in [0.25, 0.3) is 5.91 Å². The number of para-hydroxylation sites is 1. The molecule has 1 aliphatic heterocycles. The fourth-order valence-electron chi connectivity index (χ4n) is 3.98. The highest BCUT2D eigenvalue weighted by molar-refractivity contribution is 5.94. The fraction of sp³-hybridized carbons (Fsp3) is 0.500. The van der Waals surface area contributed by atoms with Gasteiger partial charge in [-0.3, -0.25) is 9.69 Å². The van der Waals surface area contributed by atoms with E-state index in [9.17, 15) is 4.79 Å². The maximum Gasteiger partial charge on any atom is 0.274 e. The zero-order valence-corrected chi connectivity index (χ0v) is 15.1. The lowest BCUT2D eigenvalue weighted by molar-refractivity contribution is 0.0588. The van der Waals surface area contributed by atoms with Crippen LogP contribution in [-0.2, 0) is 12.8 Å². The molecule has 1 aliphatic carbocycles. The number of benzene rings is 1. The van der Waals surface area contributed by atoms with Crippen molar-refractivity contribution in [2.24, 2.45) is 0 Å². The standard InChI is InChI=1S/C20H26N4O/c1-15(2)22-11-13-23(14-12-22)20(25)19-17-9-6-10-18(17)24(21-19)16-7-4-3-5-8-16/h3-5,7-8,15H,6,9-14H2,1-2H3. The number of aromatic nitrogens is 2. The zero-order valence-electron chi connectivity index (χ0n) is 15.1. The topological polar surface area (TPSA) is 41.4 Å². The second-order valence-electron chi connectivity index (χ2n) is 7.30. The van der Waals surface area contributed by atoms with E-state index < -0.39 is 0 Å². The fourth-order valence-corrected chi connectivity index (χ4v) is 3.98. The smallest absolute Gasteiger partial charge is 0.274 e. The number of hydrogen-bond donors (Lipinski definition) is 0. The lowest BCUT2D eigenvalue weighted by atomic mass is 10.1. The largest absolute Gasteiger partial charge is 0.335 e. The van der Waals surface area contributed by atoms with Gasteiger partial charge in [0.2, 0.25) is 0 Å². The van der Waals surface area contributed by atoms with Crippen molar-refractivity contribution in [2.75, 3.05) is 26.2 Å². The molecule has 0 N–H and O–H groups in total. The van der Waals surface area contributed by atoms with Crippen molar-refractivity contribution in [1.29, 1.82) is 0 Å². The Labute approximate surface area is 149 Å². The summed E-state index contributed by atoms with van der Waals surface area (Å²) in [7, 11) is 0. The number of carbonyl (C=O) groups is 1. The molecule has 1 saturated heterocycles. The van der Waals surface area contributed by atoms with Crippen molar-refractivity contribution < 1.29 is 4.79 Å². The number of hydrogen-bond acceptors (Lipinski definition) is 3. The maximum absolute atomic E-state index is 13.1. The van der Waals surface area contributed by atoms with Gasteiger partial charge < -0.3 is 4.90 Å². The van der Waals surface area contributed by atoms with Gasteiger partial charge in [0, 0.05) is 43.5 Å². The van der Waals surface area contributed by atoms with Crippen LogP contribution in [0.15, 0.2) is 30.3 Å². The first-order valence-corrected chi connectivity index (χ1v) is 9.34. The highest BCUT2D eigenvalue weighted by Crippen LogP contribution is 2.28. The number of piperazine rings is 1. The second kappa shape index (κ2) is 6.64. The monoisotopic (exact) mass is 338 g/mol. The van der Waals surface area contributed by atoms with Crippen LogP contribution in [0, 0.1) is 0 Å². The van der Waals surface area contributed by atoms with Crippen molar-refractivity contribution in [2.45, 2.75) is 39.2 Å². The summed E-state index contributed by atoms with van der Waals surface area (Å²) in [6.07, 6.45) is 3.09. The van der Waals surface area contributed by atoms with Crippen LogP contribution in [0.1, 0.15) is 42.0 Å². The lowest BCUT2D eigenvalue weighted by Crippen LogP contribution is -2.50. The summed E-state index contributed by atoms with van der Waals surface area (Å²) in [6.45, 7) is 7.92. The van der Waals surface area contributed by atoms with Crippen LogP contribution >= 0.6 is 0 Å². The summed E-state index contributed by atoms with van der Waals surface area (Å²) in [5.74, 6) is 0.108. The van der Waals surface area contributed by atoms with Crippen LogP contribution in [0.4, 0.5) is 0 Å². The zero-order chi connectivity index (χ0) is 17.4. The highest BCUT2D eigenvalue weighted by atomic mass is 16.2. The molecule has 1 fully saturated rings. The highest BCUT2D eigenvalue weighted by Gasteiger charge is 2.31. The minimum Gasteiger partial charge on any atom is -0.335 e. The first-order valence-electron chi connectivity index (χ1n) is 9.34. The Balaban J connectivity index is 1.60. The number of nitrogens with zero attached hydrogens (tertiary/aromatic N) is 4. The van der Waals surface area contributed by atoms with Gasteiger partial charge in [-0.1, -0.05) is 18.2 Å². The third-order valence-corrected chi connectivity index (χ3v) is 5.47. The average Bonchev–Trinajstić information content (AvgIpc) is 3.24. The van der Waals surface area contributed by atoms with Gasteiger partial charge in [-0.05, 0) is 45.2 Å². The molecule has 4 rings (SSSR count). The molecule has 1 amide bonds. The van der Waals surface area contributed by atoms with E-state index in [0.717, 1.165) is 51.1 Å². The molecule has 2 heterocycles. The van der Waals surface area contributed by atoms with E-state index in [4.69, 9.17) is 5.10 Å². The van der Waals surface area contributed by atoms with Gasteiger partial charge in [0.1, 0.15) is 0 Å². The molecule has 0 unspecified atom stereocenters. The van der Waals surface area contributed by atoms with Gasteiger partial charge in [0.05, 0.1) is 5.69 Å². The lowest BCUT2D eigenvalue weighted by Gasteiger charge is -2.36. The molecule has 0 saturated carbocycles. The number of amides is 1. The van der Waals surface area contributed by atoms with Gasteiger partial charge in [-0.2, -0.15) is 5.10 Å². The van der Waals surface area contributed by atoms with E-state index >= 15 is 0 Å². The molecular formula is C20H26N4O. The predicted molar refractivity (Wildman–Crippen MR) is 98.2 cm³/mol. The number of carbonyl (C=O) groups excluding carboxylic acids is 1. The summed E-state index contributed by atoms with van der Waals surface area (Å²) in [5.41, 5.74) is 4.11. The molecule has 5 nitrogen and oxygen atoms in total. The molecule has 25 heavy (non-hydrogen) atoms. The molecule has 5 heteroatoms. The van der Waals surface area contributed by atoms with E-state index in [2.05, 4.69) is 30.9 Å². The Morgan fingerprint density at radius 1 is 1.04 bits per heavy atom. The van der Waals surface area contributed by atoms with Gasteiger partial charge in [0.15, 0.2) is 5.69 Å². The van der Waals surface area contributed by atoms with Crippen LogP contribution in [0.5, 0.6) is 0 Å². The average molecular weight is 338 g/mol. The predicted octanol–water partition coefficient (Wildman–Crippen LogP) is 2.53. The van der Waals surface area contributed by atoms with Crippen molar-refractivity contribution in [3.63, 3.8) is 0 Å². The van der Waals surface area contributed by atoms with E-state index in [0.29, 0.717) is 11.7 Å². The molecule has 0 bridgehead atoms. The summed E-state index contributed by atoms with van der Waals surface area (Å²) in [5, 5.41) is 4.74. The molecule has 132 valence electrons. The molecule has 0 radical (unpaired) electrons. The summed E-state index contributed by atoms with van der Waals surface area (Å²) >= 11 is 0. The second-order valence-corrected chi connectivity index (χ2v) is 7.30. The normalized spacial score (nSPS) is 18.0. The first-order chi connectivity index (χ1) is 12.1. The van der Waals surface area contributed by atoms with E-state index in [-0.39, 0.29) is 5.91 Å². The van der Waals surface area contributed by atoms with Crippen LogP contribution < -0.4 is 0 Å². The van der Waals surface area contributed by atoms with Gasteiger partial charge >= 0.3 is 0 Å². The number of rotatable bonds is 3. The molecule has 0 spiro atoms. The van der Waals surface area contributed by atoms with Crippen molar-refractivity contribution in [1.82, 2.24) is 19.6 Å². The van der Waals surface area contributed by atoms with Crippen molar-refractivity contribution in [3.8, 4) is 5.69 Å². The Morgan fingerprint density at radius 3 is 2.44 bits per heavy atom. The van der Waals surface area contributed by atoms with E-state index in [1.165, 1.54) is 11.3 Å². The quantitative estimate of drug-likeness (QED) is 0.863. The van der Waals surface area contributed by atoms with Crippen LogP contribution in [0.3, 0.4) is 0 Å². The van der Waals surface area contributed by atoms with Gasteiger partial charge in [-0.25, -0.2) is 4.68 Å². The third kappa shape index (κ3) is 2.97. The summed E-state index contributed by atoms with van der Waals surface area (Å²) in [6, 6.07) is 10.7. The van der Waals surface area contributed by atoms with E-state index in [1.807, 2.05) is 27.8 Å². The van der Waals surface area contributed by atoms with Crippen molar-refractivity contribution >= 4 is 5.91 Å². The summed E-state index contributed by atoms with van der Waals surface area (Å²) in [4.78, 5) is 17.5. The Morgan fingerprint density at radius 2 is 1.76 bits per heavy atom. The molecule has 1 aromatic carbocycles. The Hall–Kier alpha value is -2.14. The van der Waals surface area contributed by atoms with Crippen LogP contribution in [0.2, 0.25) is 0 Å². The SMILES string of the molecule is CC(C)N1CCN(C(=O)c2nn(-c3ccccc3)c3c2CCC3)CC1. The maximum atomic E-state index is 13.1. The van der Waals surface area contributed by atoms with Crippen LogP contribution in [0.25, 0.3) is 5.69 Å². The summed E-state index contributed by atoms with van der Waals surface area (Å²) < 4.78 is 1.99. The van der Waals surface area contributed by atoms with Crippen LogP contribution in [-0.4, -0.2) is 57.7 Å². The molecule has 2 aliphatic rings. The molecule has 1 aromatic heterocycles. The number of fused-ring (bicyclic) bond motifs is 1. The Bertz CT molecular complexity index is 758. The Kier molecular flexibility index (Phi) is 4.34. The minimum absolute atomic E-state index is 0.108. The van der Waals surface area contributed by atoms with E-state index in [1.54, 1.807) is 0 Å². The molecule has 0 atom stereocenters. The third-order valence-electron chi connectivity index (χ3n) is 5.47.